The monoisotopic (exact) mass is 626 g/mol. The fourth-order valence-electron chi connectivity index (χ4n) is 2.78. The smallest absolute Gasteiger partial charge is 0.345 e. The summed E-state index contributed by atoms with van der Waals surface area (Å²) in [5.74, 6) is -2.13. The summed E-state index contributed by atoms with van der Waals surface area (Å²) in [5, 5.41) is 0. The molecule has 0 atom stereocenters. The predicted molar refractivity (Wildman–Crippen MR) is 138 cm³/mol. The summed E-state index contributed by atoms with van der Waals surface area (Å²) >= 11 is 1.20. The maximum atomic E-state index is 13.9. The first-order valence-electron chi connectivity index (χ1n) is 10.5. The molecule has 0 spiro atoms. The van der Waals surface area contributed by atoms with Crippen LogP contribution in [-0.2, 0) is 35.8 Å². The zero-order chi connectivity index (χ0) is 29.5. The van der Waals surface area contributed by atoms with Gasteiger partial charge in [-0.05, 0) is 48.2 Å². The Morgan fingerprint density at radius 2 is 1.56 bits per heavy atom. The largest absolute Gasteiger partial charge is 0.494 e. The first kappa shape index (κ1) is 31.9. The van der Waals surface area contributed by atoms with Gasteiger partial charge in [-0.2, -0.15) is 4.37 Å². The molecule has 0 aliphatic rings. The van der Waals surface area contributed by atoms with Crippen LogP contribution in [0.4, 0.5) is 4.39 Å². The average molecular weight is 627 g/mol. The van der Waals surface area contributed by atoms with Crippen molar-refractivity contribution in [2.45, 2.75) is 21.9 Å². The lowest BCUT2D eigenvalue weighted by atomic mass is 10.2. The number of sulfone groups is 2. The third kappa shape index (κ3) is 8.07. The van der Waals surface area contributed by atoms with Crippen molar-refractivity contribution in [2.24, 2.45) is 0 Å². The molecular formula is C21H23FN2O11S4. The van der Waals surface area contributed by atoms with E-state index in [9.17, 15) is 35.6 Å². The number of aromatic amines is 1. The molecule has 3 aromatic rings. The van der Waals surface area contributed by atoms with Crippen LogP contribution in [0.5, 0.6) is 11.6 Å². The molecule has 0 aliphatic carbocycles. The van der Waals surface area contributed by atoms with Crippen molar-refractivity contribution in [3.63, 3.8) is 0 Å². The fraction of sp³-hybridized carbons (Fsp3) is 0.333. The Hall–Kier alpha value is -3.35. The quantitative estimate of drug-likeness (QED) is 0.342. The lowest BCUT2D eigenvalue weighted by Crippen LogP contribution is -2.16. The summed E-state index contributed by atoms with van der Waals surface area (Å²) in [5.41, 5.74) is -1.32. The molecule has 2 aromatic heterocycles. The van der Waals surface area contributed by atoms with Gasteiger partial charge in [-0.1, -0.05) is 0 Å². The Balaban J connectivity index is 0.000000322. The maximum absolute atomic E-state index is 13.9. The Morgan fingerprint density at radius 3 is 2.10 bits per heavy atom. The predicted octanol–water partition coefficient (Wildman–Crippen LogP) is 2.08. The van der Waals surface area contributed by atoms with Gasteiger partial charge in [0.25, 0.3) is 5.56 Å². The minimum Gasteiger partial charge on any atom is -0.494 e. The molecule has 39 heavy (non-hydrogen) atoms. The highest BCUT2D eigenvalue weighted by molar-refractivity contribution is 7.93. The molecule has 0 saturated carbocycles. The number of carbonyl (C=O) groups excluding carboxylic acids is 2. The lowest BCUT2D eigenvalue weighted by molar-refractivity contribution is 0.0584. The molecule has 0 unspecified atom stereocenters. The van der Waals surface area contributed by atoms with Crippen LogP contribution in [-0.4, -0.2) is 70.9 Å². The maximum Gasteiger partial charge on any atom is 0.345 e. The SMILES string of the molecule is CCOc1ccc(F)c(COc2nsc(S(C)(=O)=O)c2C(=O)OC)c1.COC(=O)c1c(S(C)(=O)=O)s[nH]c1=O. The van der Waals surface area contributed by atoms with Gasteiger partial charge in [-0.25, -0.2) is 30.8 Å². The van der Waals surface area contributed by atoms with Gasteiger partial charge in [0.2, 0.25) is 5.88 Å². The molecular weight excluding hydrogens is 604 g/mol. The highest BCUT2D eigenvalue weighted by Gasteiger charge is 2.29. The average Bonchev–Trinajstić information content (AvgIpc) is 3.47. The molecule has 3 rings (SSSR count). The van der Waals surface area contributed by atoms with E-state index in [1.54, 1.807) is 6.92 Å². The van der Waals surface area contributed by atoms with Gasteiger partial charge in [0.1, 0.15) is 18.2 Å². The molecule has 0 amide bonds. The van der Waals surface area contributed by atoms with Crippen LogP contribution in [0.1, 0.15) is 33.2 Å². The second-order valence-corrected chi connectivity index (χ2v) is 13.4. The standard InChI is InChI=1S/C15H16FNO6S2.C6H7NO5S2/c1-4-22-10-5-6-11(16)9(7-10)8-23-13-12(14(18)21-2)15(24-17-13)25(3,19)20;1-12-5(9)3-4(8)7-13-6(3)14(2,10)11/h5-7H,4,8H2,1-3H3;1-2H3,(H,7,8). The number of methoxy groups -OCH3 is 2. The molecule has 1 N–H and O–H groups in total. The number of nitrogens with zero attached hydrogens (tertiary/aromatic N) is 1. The number of H-pyrrole nitrogens is 1. The zero-order valence-electron chi connectivity index (χ0n) is 21.1. The van der Waals surface area contributed by atoms with Crippen molar-refractivity contribution < 1.29 is 49.8 Å². The van der Waals surface area contributed by atoms with Crippen LogP contribution in [0.25, 0.3) is 0 Å². The van der Waals surface area contributed by atoms with Gasteiger partial charge >= 0.3 is 11.9 Å². The second-order valence-electron chi connectivity index (χ2n) is 7.35. The van der Waals surface area contributed by atoms with Gasteiger partial charge < -0.3 is 18.9 Å². The van der Waals surface area contributed by atoms with Gasteiger partial charge in [-0.3, -0.25) is 9.17 Å². The summed E-state index contributed by atoms with van der Waals surface area (Å²) in [6.45, 7) is 1.95. The first-order chi connectivity index (χ1) is 18.1. The van der Waals surface area contributed by atoms with Crippen molar-refractivity contribution in [2.75, 3.05) is 33.3 Å². The number of aromatic nitrogens is 2. The van der Waals surface area contributed by atoms with Crippen LogP contribution in [0, 0.1) is 5.82 Å². The molecule has 0 fully saturated rings. The van der Waals surface area contributed by atoms with Crippen LogP contribution < -0.4 is 15.0 Å². The van der Waals surface area contributed by atoms with E-state index in [2.05, 4.69) is 18.2 Å². The summed E-state index contributed by atoms with van der Waals surface area (Å²) in [6, 6.07) is 4.17. The molecule has 214 valence electrons. The van der Waals surface area contributed by atoms with E-state index in [1.807, 2.05) is 0 Å². The summed E-state index contributed by atoms with van der Waals surface area (Å²) in [7, 11) is -5.09. The summed E-state index contributed by atoms with van der Waals surface area (Å²) in [4.78, 5) is 34.0. The van der Waals surface area contributed by atoms with Gasteiger partial charge in [0.05, 0.1) is 20.8 Å². The number of esters is 2. The minimum absolute atomic E-state index is 0.177. The zero-order valence-corrected chi connectivity index (χ0v) is 24.4. The first-order valence-corrected chi connectivity index (χ1v) is 15.8. The number of ether oxygens (including phenoxy) is 4. The minimum atomic E-state index is -3.69. The van der Waals surface area contributed by atoms with E-state index < -0.39 is 48.6 Å². The Bertz CT molecular complexity index is 1620. The molecule has 0 radical (unpaired) electrons. The van der Waals surface area contributed by atoms with Crippen LogP contribution in [0.3, 0.4) is 0 Å². The second kappa shape index (κ2) is 13.1. The van der Waals surface area contributed by atoms with Gasteiger partial charge in [0.15, 0.2) is 39.2 Å². The van der Waals surface area contributed by atoms with Crippen molar-refractivity contribution in [3.05, 3.63) is 51.1 Å². The highest BCUT2D eigenvalue weighted by atomic mass is 32.2. The summed E-state index contributed by atoms with van der Waals surface area (Å²) in [6.07, 6.45) is 1.86. The van der Waals surface area contributed by atoms with E-state index in [-0.39, 0.29) is 32.0 Å². The molecule has 0 saturated heterocycles. The Labute approximate surface area is 230 Å². The number of nitrogens with one attached hydrogen (secondary N) is 1. The number of halogens is 1. The number of hydrogen-bond acceptors (Lipinski definition) is 14. The molecule has 18 heteroatoms. The number of benzene rings is 1. The van der Waals surface area contributed by atoms with Crippen LogP contribution >= 0.6 is 23.1 Å². The Kier molecular flexibility index (Phi) is 10.7. The highest BCUT2D eigenvalue weighted by Crippen LogP contribution is 2.31. The molecule has 1 aromatic carbocycles. The third-order valence-electron chi connectivity index (χ3n) is 4.44. The van der Waals surface area contributed by atoms with Crippen LogP contribution in [0.2, 0.25) is 0 Å². The fourth-order valence-corrected chi connectivity index (χ4v) is 6.39. The summed E-state index contributed by atoms with van der Waals surface area (Å²) < 4.78 is 84.7. The third-order valence-corrected chi connectivity index (χ3v) is 9.79. The normalized spacial score (nSPS) is 11.2. The van der Waals surface area contributed by atoms with E-state index in [0.717, 1.165) is 26.7 Å². The van der Waals surface area contributed by atoms with Gasteiger partial charge in [0, 0.05) is 18.1 Å². The Morgan fingerprint density at radius 1 is 0.974 bits per heavy atom. The molecule has 13 nitrogen and oxygen atoms in total. The molecule has 2 heterocycles. The van der Waals surface area contributed by atoms with Gasteiger partial charge in [-0.15, -0.1) is 0 Å². The van der Waals surface area contributed by atoms with E-state index >= 15 is 0 Å². The van der Waals surface area contributed by atoms with Crippen molar-refractivity contribution in [3.8, 4) is 11.6 Å². The lowest BCUT2D eigenvalue weighted by Gasteiger charge is -2.09. The number of rotatable bonds is 9. The molecule has 0 aliphatic heterocycles. The van der Waals surface area contributed by atoms with Crippen molar-refractivity contribution >= 4 is 54.7 Å². The van der Waals surface area contributed by atoms with E-state index in [1.165, 1.54) is 18.2 Å². The van der Waals surface area contributed by atoms with Crippen LogP contribution in [0.15, 0.2) is 31.4 Å². The van der Waals surface area contributed by atoms with E-state index in [4.69, 9.17) is 9.47 Å². The number of carbonyl (C=O) groups is 2. The van der Waals surface area contributed by atoms with Crippen molar-refractivity contribution in [1.29, 1.82) is 0 Å². The topological polar surface area (TPSA) is 185 Å². The van der Waals surface area contributed by atoms with E-state index in [0.29, 0.717) is 35.4 Å². The molecule has 0 bridgehead atoms. The number of hydrogen-bond donors (Lipinski definition) is 1. The van der Waals surface area contributed by atoms with Crippen molar-refractivity contribution in [1.82, 2.24) is 8.75 Å².